The Balaban J connectivity index is 1.50. The van der Waals surface area contributed by atoms with Gasteiger partial charge in [0.25, 0.3) is 0 Å². The lowest BCUT2D eigenvalue weighted by molar-refractivity contribution is -0.141. The summed E-state index contributed by atoms with van der Waals surface area (Å²) in [7, 11) is 1.61. The van der Waals surface area contributed by atoms with Gasteiger partial charge in [-0.15, -0.1) is 11.3 Å². The van der Waals surface area contributed by atoms with Gasteiger partial charge in [0.2, 0.25) is 11.8 Å². The zero-order chi connectivity index (χ0) is 26.9. The highest BCUT2D eigenvalue weighted by atomic mass is 32.1. The van der Waals surface area contributed by atoms with Gasteiger partial charge in [0.15, 0.2) is 0 Å². The smallest absolute Gasteiger partial charge is 0.242 e. The lowest BCUT2D eigenvalue weighted by Crippen LogP contribution is -2.45. The second-order valence-corrected chi connectivity index (χ2v) is 10.8. The van der Waals surface area contributed by atoms with Gasteiger partial charge in [-0.3, -0.25) is 9.59 Å². The molecule has 0 unspecified atom stereocenters. The van der Waals surface area contributed by atoms with E-state index >= 15 is 0 Å². The normalized spacial score (nSPS) is 13.4. The molecule has 0 aliphatic carbocycles. The van der Waals surface area contributed by atoms with Gasteiger partial charge >= 0.3 is 0 Å². The molecule has 202 valence electrons. The number of carbonyl (C=O) groups excluding carboxylic acids is 2. The fraction of sp³-hybridized carbons (Fsp3) is 0.400. The van der Waals surface area contributed by atoms with Crippen LogP contribution in [0.15, 0.2) is 60.0 Å². The molecule has 0 saturated carbocycles. The number of nitrogens with zero attached hydrogens (tertiary/aromatic N) is 3. The number of carbonyl (C=O) groups is 2. The van der Waals surface area contributed by atoms with Crippen LogP contribution in [0.2, 0.25) is 0 Å². The molecule has 1 fully saturated rings. The summed E-state index contributed by atoms with van der Waals surface area (Å²) in [6.45, 7) is 6.16. The van der Waals surface area contributed by atoms with Crippen LogP contribution in [0.4, 0.5) is 4.39 Å². The molecule has 2 aromatic carbocycles. The lowest BCUT2D eigenvalue weighted by Gasteiger charge is -2.29. The van der Waals surface area contributed by atoms with Crippen molar-refractivity contribution in [2.75, 3.05) is 39.8 Å². The number of hydrogen-bond acceptors (Lipinski definition) is 5. The van der Waals surface area contributed by atoms with Crippen LogP contribution in [0.25, 0.3) is 0 Å². The summed E-state index contributed by atoms with van der Waals surface area (Å²) in [5.74, 6) is 0.240. The van der Waals surface area contributed by atoms with Crippen molar-refractivity contribution in [3.63, 3.8) is 0 Å². The summed E-state index contributed by atoms with van der Waals surface area (Å²) in [6, 6.07) is 15.7. The summed E-state index contributed by atoms with van der Waals surface area (Å²) >= 11 is 1.61. The minimum absolute atomic E-state index is 0.00838. The second-order valence-electron chi connectivity index (χ2n) is 9.79. The molecule has 3 aromatic rings. The topological polar surface area (TPSA) is 53.1 Å². The number of amides is 2. The van der Waals surface area contributed by atoms with Crippen molar-refractivity contribution in [2.45, 2.75) is 39.3 Å². The van der Waals surface area contributed by atoms with Gasteiger partial charge in [-0.25, -0.2) is 4.39 Å². The van der Waals surface area contributed by atoms with Crippen LogP contribution in [-0.4, -0.2) is 66.3 Å². The average Bonchev–Trinajstić information content (AvgIpc) is 3.59. The number of halogens is 1. The van der Waals surface area contributed by atoms with Gasteiger partial charge in [-0.05, 0) is 85.3 Å². The maximum atomic E-state index is 13.7. The van der Waals surface area contributed by atoms with Crippen molar-refractivity contribution in [2.24, 2.45) is 0 Å². The van der Waals surface area contributed by atoms with E-state index in [0.717, 1.165) is 47.0 Å². The summed E-state index contributed by atoms with van der Waals surface area (Å²) in [5.41, 5.74) is 2.86. The molecule has 0 bridgehead atoms. The number of methoxy groups -OCH3 is 1. The van der Waals surface area contributed by atoms with Gasteiger partial charge in [0.05, 0.1) is 26.6 Å². The fourth-order valence-corrected chi connectivity index (χ4v) is 5.56. The van der Waals surface area contributed by atoms with Gasteiger partial charge < -0.3 is 19.4 Å². The molecular formula is C30H36FN3O3S. The van der Waals surface area contributed by atoms with E-state index in [9.17, 15) is 14.0 Å². The maximum Gasteiger partial charge on any atom is 0.242 e. The van der Waals surface area contributed by atoms with E-state index in [1.165, 1.54) is 25.0 Å². The standard InChI is InChI=1S/C30H36FN3O3S/c1-23-13-18-38-28(23)21-34(20-25-5-9-26(31)10-6-25)30(36)22-33(17-16-32-14-3-4-15-32)29(35)19-24-7-11-27(37-2)12-8-24/h5-13,18H,3-4,14-17,19-22H2,1-2H3. The molecule has 8 heteroatoms. The fourth-order valence-electron chi connectivity index (χ4n) is 4.64. The highest BCUT2D eigenvalue weighted by Crippen LogP contribution is 2.20. The molecule has 2 amide bonds. The summed E-state index contributed by atoms with van der Waals surface area (Å²) < 4.78 is 18.7. The van der Waals surface area contributed by atoms with E-state index in [-0.39, 0.29) is 30.6 Å². The minimum Gasteiger partial charge on any atom is -0.497 e. The van der Waals surface area contributed by atoms with Crippen molar-refractivity contribution in [1.29, 1.82) is 0 Å². The Hall–Kier alpha value is -3.23. The van der Waals surface area contributed by atoms with E-state index in [1.54, 1.807) is 40.4 Å². The summed E-state index contributed by atoms with van der Waals surface area (Å²) in [6.07, 6.45) is 2.56. The highest BCUT2D eigenvalue weighted by molar-refractivity contribution is 7.10. The van der Waals surface area contributed by atoms with Crippen LogP contribution in [0, 0.1) is 12.7 Å². The Bertz CT molecular complexity index is 1190. The van der Waals surface area contributed by atoms with Crippen molar-refractivity contribution >= 4 is 23.2 Å². The maximum absolute atomic E-state index is 13.7. The van der Waals surface area contributed by atoms with Crippen LogP contribution in [0.5, 0.6) is 5.75 Å². The van der Waals surface area contributed by atoms with Gasteiger partial charge in [-0.2, -0.15) is 0 Å². The van der Waals surface area contributed by atoms with Crippen molar-refractivity contribution < 1.29 is 18.7 Å². The number of aryl methyl sites for hydroxylation is 1. The van der Waals surface area contributed by atoms with Gasteiger partial charge in [0.1, 0.15) is 11.6 Å². The number of thiophene rings is 1. The van der Waals surface area contributed by atoms with E-state index in [0.29, 0.717) is 19.6 Å². The molecule has 1 aliphatic rings. The molecular weight excluding hydrogens is 501 g/mol. The van der Waals surface area contributed by atoms with E-state index in [1.807, 2.05) is 42.6 Å². The molecule has 0 atom stereocenters. The van der Waals surface area contributed by atoms with Crippen LogP contribution >= 0.6 is 11.3 Å². The quantitative estimate of drug-likeness (QED) is 0.330. The first-order chi connectivity index (χ1) is 18.4. The van der Waals surface area contributed by atoms with Crippen molar-refractivity contribution in [1.82, 2.24) is 14.7 Å². The van der Waals surface area contributed by atoms with Crippen LogP contribution in [0.1, 0.15) is 34.4 Å². The first-order valence-electron chi connectivity index (χ1n) is 13.1. The first-order valence-corrected chi connectivity index (χ1v) is 14.0. The van der Waals surface area contributed by atoms with Gasteiger partial charge in [-0.1, -0.05) is 24.3 Å². The molecule has 1 aliphatic heterocycles. The monoisotopic (exact) mass is 537 g/mol. The van der Waals surface area contributed by atoms with E-state index < -0.39 is 0 Å². The Morgan fingerprint density at radius 2 is 1.61 bits per heavy atom. The van der Waals surface area contributed by atoms with Crippen LogP contribution in [0.3, 0.4) is 0 Å². The Morgan fingerprint density at radius 3 is 2.24 bits per heavy atom. The summed E-state index contributed by atoms with van der Waals surface area (Å²) in [4.78, 5) is 34.1. The number of rotatable bonds is 12. The second kappa shape index (κ2) is 13.5. The minimum atomic E-state index is -0.307. The predicted octanol–water partition coefficient (Wildman–Crippen LogP) is 4.90. The van der Waals surface area contributed by atoms with Crippen molar-refractivity contribution in [3.8, 4) is 5.75 Å². The molecule has 1 saturated heterocycles. The first kappa shape index (κ1) is 27.8. The molecule has 6 nitrogen and oxygen atoms in total. The van der Waals surface area contributed by atoms with Gasteiger partial charge in [0, 0.05) is 24.5 Å². The van der Waals surface area contributed by atoms with E-state index in [2.05, 4.69) is 4.90 Å². The van der Waals surface area contributed by atoms with Crippen molar-refractivity contribution in [3.05, 3.63) is 87.4 Å². The molecule has 38 heavy (non-hydrogen) atoms. The molecule has 0 N–H and O–H groups in total. The van der Waals surface area contributed by atoms with E-state index in [4.69, 9.17) is 4.74 Å². The van der Waals surface area contributed by atoms with Crippen LogP contribution in [-0.2, 0) is 29.1 Å². The Morgan fingerprint density at radius 1 is 0.921 bits per heavy atom. The molecule has 0 radical (unpaired) electrons. The third-order valence-electron chi connectivity index (χ3n) is 7.02. The average molecular weight is 538 g/mol. The number of likely N-dealkylation sites (tertiary alicyclic amines) is 1. The number of hydrogen-bond donors (Lipinski definition) is 0. The third-order valence-corrected chi connectivity index (χ3v) is 8.03. The summed E-state index contributed by atoms with van der Waals surface area (Å²) in [5, 5.41) is 2.02. The number of benzene rings is 2. The zero-order valence-electron chi connectivity index (χ0n) is 22.2. The third kappa shape index (κ3) is 7.88. The predicted molar refractivity (Wildman–Crippen MR) is 149 cm³/mol. The lowest BCUT2D eigenvalue weighted by atomic mass is 10.1. The SMILES string of the molecule is COc1ccc(CC(=O)N(CCN2CCCC2)CC(=O)N(Cc2ccc(F)cc2)Cc2sccc2C)cc1. The zero-order valence-corrected chi connectivity index (χ0v) is 23.0. The highest BCUT2D eigenvalue weighted by Gasteiger charge is 2.24. The molecule has 2 heterocycles. The van der Waals surface area contributed by atoms with Crippen LogP contribution < -0.4 is 4.74 Å². The Labute approximate surface area is 228 Å². The Kier molecular flexibility index (Phi) is 9.90. The molecule has 0 spiro atoms. The number of ether oxygens (including phenoxy) is 1. The largest absolute Gasteiger partial charge is 0.497 e. The molecule has 1 aromatic heterocycles. The molecule has 4 rings (SSSR count).